The van der Waals surface area contributed by atoms with Gasteiger partial charge in [0.2, 0.25) is 0 Å². The van der Waals surface area contributed by atoms with Crippen molar-refractivity contribution in [2.24, 2.45) is 0 Å². The van der Waals surface area contributed by atoms with Crippen LogP contribution in [0.3, 0.4) is 0 Å². The van der Waals surface area contributed by atoms with Gasteiger partial charge < -0.3 is 26.6 Å². The lowest BCUT2D eigenvalue weighted by atomic mass is 10.0. The molecule has 0 heterocycles. The Bertz CT molecular complexity index is 467. The molecular weight excluding hydrogens is 434 g/mol. The van der Waals surface area contributed by atoms with Crippen molar-refractivity contribution in [3.63, 3.8) is 0 Å². The number of quaternary nitrogens is 1. The predicted molar refractivity (Wildman–Crippen MR) is 128 cm³/mol. The van der Waals surface area contributed by atoms with Gasteiger partial charge in [-0.1, -0.05) is 121 Å². The molecule has 176 valence electrons. The summed E-state index contributed by atoms with van der Waals surface area (Å²) in [7, 11) is 2.30. The van der Waals surface area contributed by atoms with Crippen LogP contribution in [0.5, 0.6) is 0 Å². The zero-order chi connectivity index (χ0) is 21.0. The molecule has 0 saturated carbocycles. The van der Waals surface area contributed by atoms with E-state index >= 15 is 0 Å². The van der Waals surface area contributed by atoms with Gasteiger partial charge in [-0.25, -0.2) is 0 Å². The first kappa shape index (κ1) is 29.6. The fourth-order valence-corrected chi connectivity index (χ4v) is 4.40. The zero-order valence-corrected chi connectivity index (χ0v) is 21.7. The summed E-state index contributed by atoms with van der Waals surface area (Å²) in [6, 6.07) is 10.7. The second kappa shape index (κ2) is 20.5. The van der Waals surface area contributed by atoms with Gasteiger partial charge in [0.15, 0.2) is 0 Å². The summed E-state index contributed by atoms with van der Waals surface area (Å²) >= 11 is 0. The Morgan fingerprint density at radius 1 is 0.633 bits per heavy atom. The van der Waals surface area contributed by atoms with Crippen LogP contribution in [0.4, 0.5) is 0 Å². The fraction of sp³-hybridized carbons (Fsp3) is 0.778. The Morgan fingerprint density at radius 3 is 1.50 bits per heavy atom. The Hall–Kier alpha value is -0.380. The van der Waals surface area contributed by atoms with Crippen molar-refractivity contribution in [2.45, 2.75) is 110 Å². The van der Waals surface area contributed by atoms with Crippen LogP contribution in [0.15, 0.2) is 30.3 Å². The molecule has 0 saturated heterocycles. The molecule has 1 unspecified atom stereocenters. The number of aliphatic hydroxyl groups is 1. The molecule has 0 aliphatic rings. The van der Waals surface area contributed by atoms with Gasteiger partial charge in [-0.2, -0.15) is 0 Å². The maximum Gasteiger partial charge on any atom is 0.104 e. The normalized spacial score (nSPS) is 13.0. The molecule has 0 aliphatic heterocycles. The van der Waals surface area contributed by atoms with E-state index in [1.807, 2.05) is 0 Å². The van der Waals surface area contributed by atoms with Crippen molar-refractivity contribution < 1.29 is 26.6 Å². The highest BCUT2D eigenvalue weighted by atomic mass is 79.9. The predicted octanol–water partition coefficient (Wildman–Crippen LogP) is 4.50. The first-order valence-corrected chi connectivity index (χ1v) is 12.7. The molecule has 0 amide bonds. The van der Waals surface area contributed by atoms with Crippen molar-refractivity contribution in [3.8, 4) is 0 Å². The summed E-state index contributed by atoms with van der Waals surface area (Å²) in [6.45, 7) is 5.63. The average molecular weight is 485 g/mol. The van der Waals surface area contributed by atoms with Crippen LogP contribution in [0.25, 0.3) is 0 Å². The zero-order valence-electron chi connectivity index (χ0n) is 20.1. The third-order valence-corrected chi connectivity index (χ3v) is 6.35. The van der Waals surface area contributed by atoms with Gasteiger partial charge in [0, 0.05) is 5.56 Å². The van der Waals surface area contributed by atoms with Crippen LogP contribution in [0.1, 0.15) is 109 Å². The van der Waals surface area contributed by atoms with Gasteiger partial charge in [-0.15, -0.1) is 0 Å². The van der Waals surface area contributed by atoms with Gasteiger partial charge >= 0.3 is 0 Å². The van der Waals surface area contributed by atoms with Crippen LogP contribution in [-0.4, -0.2) is 36.3 Å². The molecule has 1 atom stereocenters. The number of unbranched alkanes of at least 4 members (excludes halogenated alkanes) is 14. The lowest BCUT2D eigenvalue weighted by Gasteiger charge is -2.34. The maximum atomic E-state index is 9.49. The van der Waals surface area contributed by atoms with Crippen LogP contribution in [0, 0.1) is 0 Å². The molecule has 0 aromatic heterocycles. The molecular formula is C27H50BrNO. The molecule has 1 N–H and O–H groups in total. The lowest BCUT2D eigenvalue weighted by Crippen LogP contribution is -3.00. The Kier molecular flexibility index (Phi) is 20.3. The van der Waals surface area contributed by atoms with Crippen LogP contribution in [0.2, 0.25) is 0 Å². The van der Waals surface area contributed by atoms with E-state index in [0.717, 1.165) is 17.6 Å². The standard InChI is InChI=1S/C27H50NO.BrH/c1-3-4-5-6-7-8-9-10-11-12-13-14-15-16-20-23-28(2,24-25-29)26-27-21-18-17-19-22-27;/h17-19,21-22,29H,3-16,20,23-26H2,1-2H3;1H/q+1;/p-1. The highest BCUT2D eigenvalue weighted by molar-refractivity contribution is 5.13. The lowest BCUT2D eigenvalue weighted by molar-refractivity contribution is -0.923. The van der Waals surface area contributed by atoms with E-state index in [0.29, 0.717) is 0 Å². The van der Waals surface area contributed by atoms with Crippen LogP contribution < -0.4 is 17.0 Å². The Morgan fingerprint density at radius 2 is 1.07 bits per heavy atom. The number of halogens is 1. The van der Waals surface area contributed by atoms with Gasteiger partial charge in [0.05, 0.1) is 20.2 Å². The minimum Gasteiger partial charge on any atom is -1.00 e. The summed E-state index contributed by atoms with van der Waals surface area (Å²) in [5.74, 6) is 0. The first-order valence-electron chi connectivity index (χ1n) is 12.7. The van der Waals surface area contributed by atoms with Gasteiger partial charge in [0.25, 0.3) is 0 Å². The molecule has 0 fully saturated rings. The van der Waals surface area contributed by atoms with Gasteiger partial charge in [-0.3, -0.25) is 0 Å². The Balaban J connectivity index is 0.00000841. The fourth-order valence-electron chi connectivity index (χ4n) is 4.40. The average Bonchev–Trinajstić information content (AvgIpc) is 2.72. The molecule has 30 heavy (non-hydrogen) atoms. The molecule has 0 radical (unpaired) electrons. The molecule has 2 nitrogen and oxygen atoms in total. The van der Waals surface area contributed by atoms with Gasteiger partial charge in [-0.05, 0) is 12.8 Å². The number of likely N-dealkylation sites (N-methyl/N-ethyl adjacent to an activating group) is 1. The van der Waals surface area contributed by atoms with Crippen molar-refractivity contribution in [1.29, 1.82) is 0 Å². The van der Waals surface area contributed by atoms with Crippen LogP contribution >= 0.6 is 0 Å². The number of nitrogens with zero attached hydrogens (tertiary/aromatic N) is 1. The Labute approximate surface area is 198 Å². The number of hydrogen-bond donors (Lipinski definition) is 1. The number of rotatable bonds is 20. The summed E-state index contributed by atoms with van der Waals surface area (Å²) in [5, 5.41) is 9.49. The smallest absolute Gasteiger partial charge is 0.104 e. The number of hydrogen-bond acceptors (Lipinski definition) is 1. The third kappa shape index (κ3) is 16.3. The number of aliphatic hydroxyl groups excluding tert-OH is 1. The summed E-state index contributed by atoms with van der Waals surface area (Å²) < 4.78 is 0.957. The molecule has 3 heteroatoms. The SMILES string of the molecule is CCCCCCCCCCCCCCCCC[N+](C)(CCO)Cc1ccccc1.[Br-]. The largest absolute Gasteiger partial charge is 1.00 e. The summed E-state index contributed by atoms with van der Waals surface area (Å²) in [6.07, 6.45) is 21.2. The molecule has 1 aromatic rings. The third-order valence-electron chi connectivity index (χ3n) is 6.35. The minimum absolute atomic E-state index is 0. The van der Waals surface area contributed by atoms with Crippen molar-refractivity contribution in [1.82, 2.24) is 0 Å². The van der Waals surface area contributed by atoms with E-state index in [2.05, 4.69) is 44.3 Å². The van der Waals surface area contributed by atoms with Gasteiger partial charge in [0.1, 0.15) is 13.1 Å². The molecule has 1 rings (SSSR count). The summed E-state index contributed by atoms with van der Waals surface area (Å²) in [5.41, 5.74) is 1.38. The van der Waals surface area contributed by atoms with Crippen molar-refractivity contribution in [3.05, 3.63) is 35.9 Å². The highest BCUT2D eigenvalue weighted by Crippen LogP contribution is 2.16. The van der Waals surface area contributed by atoms with Crippen molar-refractivity contribution >= 4 is 0 Å². The second-order valence-electron chi connectivity index (χ2n) is 9.38. The molecule has 1 aromatic carbocycles. The van der Waals surface area contributed by atoms with Crippen LogP contribution in [-0.2, 0) is 6.54 Å². The van der Waals surface area contributed by atoms with Crippen molar-refractivity contribution in [2.75, 3.05) is 26.7 Å². The second-order valence-corrected chi connectivity index (χ2v) is 9.38. The van der Waals surface area contributed by atoms with E-state index in [4.69, 9.17) is 0 Å². The number of benzene rings is 1. The summed E-state index contributed by atoms with van der Waals surface area (Å²) in [4.78, 5) is 0. The quantitative estimate of drug-likeness (QED) is 0.213. The highest BCUT2D eigenvalue weighted by Gasteiger charge is 2.20. The topological polar surface area (TPSA) is 20.2 Å². The first-order chi connectivity index (χ1) is 14.2. The molecule has 0 aliphatic carbocycles. The van der Waals surface area contributed by atoms with E-state index in [1.54, 1.807) is 0 Å². The molecule has 0 spiro atoms. The van der Waals surface area contributed by atoms with E-state index in [-0.39, 0.29) is 23.6 Å². The van der Waals surface area contributed by atoms with E-state index in [1.165, 1.54) is 108 Å². The van der Waals surface area contributed by atoms with E-state index in [9.17, 15) is 5.11 Å². The molecule has 0 bridgehead atoms. The van der Waals surface area contributed by atoms with E-state index < -0.39 is 0 Å². The maximum absolute atomic E-state index is 9.49. The monoisotopic (exact) mass is 483 g/mol. The minimum atomic E-state index is 0.